The van der Waals surface area contributed by atoms with Crippen molar-refractivity contribution < 1.29 is 0 Å². The second-order valence-electron chi connectivity index (χ2n) is 17.7. The fourth-order valence-corrected chi connectivity index (χ4v) is 10.6. The molecular formula is C63H46N2. The quantitative estimate of drug-likeness (QED) is 0.148. The number of hydrogen-bond acceptors (Lipinski definition) is 1. The molecule has 12 rings (SSSR count). The predicted molar refractivity (Wildman–Crippen MR) is 275 cm³/mol. The van der Waals surface area contributed by atoms with Gasteiger partial charge in [-0.25, -0.2) is 0 Å². The maximum atomic E-state index is 2.55. The third kappa shape index (κ3) is 6.32. The number of fused-ring (bicyclic) bond motifs is 6. The zero-order chi connectivity index (χ0) is 43.5. The number of para-hydroxylation sites is 2. The minimum absolute atomic E-state index is 0.168. The molecule has 11 aromatic rings. The van der Waals surface area contributed by atoms with Crippen LogP contribution in [0.3, 0.4) is 0 Å². The Kier molecular flexibility index (Phi) is 9.21. The van der Waals surface area contributed by atoms with E-state index in [2.05, 4.69) is 266 Å². The molecule has 0 unspecified atom stereocenters. The van der Waals surface area contributed by atoms with Crippen LogP contribution in [0.5, 0.6) is 0 Å². The van der Waals surface area contributed by atoms with Gasteiger partial charge in [0.2, 0.25) is 0 Å². The molecule has 0 radical (unpaired) electrons. The monoisotopic (exact) mass is 830 g/mol. The van der Waals surface area contributed by atoms with Crippen LogP contribution in [0.15, 0.2) is 243 Å². The minimum Gasteiger partial charge on any atom is -0.309 e. The number of rotatable bonds is 8. The van der Waals surface area contributed by atoms with E-state index in [0.29, 0.717) is 0 Å². The minimum atomic E-state index is -0.168. The lowest BCUT2D eigenvalue weighted by molar-refractivity contribution is 0.660. The van der Waals surface area contributed by atoms with Crippen molar-refractivity contribution in [1.82, 2.24) is 4.57 Å². The van der Waals surface area contributed by atoms with Crippen molar-refractivity contribution in [3.8, 4) is 61.3 Å². The van der Waals surface area contributed by atoms with Crippen LogP contribution in [0.1, 0.15) is 25.0 Å². The van der Waals surface area contributed by atoms with Crippen LogP contribution in [0.4, 0.5) is 17.1 Å². The summed E-state index contributed by atoms with van der Waals surface area (Å²) in [7, 11) is 0. The summed E-state index contributed by atoms with van der Waals surface area (Å²) in [6.07, 6.45) is 0. The first-order valence-electron chi connectivity index (χ1n) is 22.6. The van der Waals surface area contributed by atoms with E-state index < -0.39 is 0 Å². The first-order chi connectivity index (χ1) is 32.0. The van der Waals surface area contributed by atoms with Crippen molar-refractivity contribution in [2.24, 2.45) is 0 Å². The topological polar surface area (TPSA) is 8.17 Å². The molecule has 0 fully saturated rings. The Morgan fingerprint density at radius 3 is 1.63 bits per heavy atom. The van der Waals surface area contributed by atoms with Gasteiger partial charge in [0.15, 0.2) is 0 Å². The fourth-order valence-electron chi connectivity index (χ4n) is 10.6. The van der Waals surface area contributed by atoms with Crippen molar-refractivity contribution in [3.63, 3.8) is 0 Å². The van der Waals surface area contributed by atoms with Crippen molar-refractivity contribution >= 4 is 38.9 Å². The number of hydrogen-bond donors (Lipinski definition) is 0. The van der Waals surface area contributed by atoms with Crippen LogP contribution in [0.2, 0.25) is 0 Å². The Morgan fingerprint density at radius 1 is 0.338 bits per heavy atom. The molecule has 1 aliphatic carbocycles. The smallest absolute Gasteiger partial charge is 0.0546 e. The fraction of sp³-hybridized carbons (Fsp3) is 0.0476. The first-order valence-corrected chi connectivity index (χ1v) is 22.6. The summed E-state index contributed by atoms with van der Waals surface area (Å²) in [5, 5.41) is 2.48. The van der Waals surface area contributed by atoms with Gasteiger partial charge in [0.25, 0.3) is 0 Å². The second-order valence-corrected chi connectivity index (χ2v) is 17.7. The molecule has 0 saturated heterocycles. The van der Waals surface area contributed by atoms with Crippen LogP contribution >= 0.6 is 0 Å². The lowest BCUT2D eigenvalue weighted by Gasteiger charge is -2.32. The van der Waals surface area contributed by atoms with Crippen LogP contribution in [0, 0.1) is 0 Å². The highest BCUT2D eigenvalue weighted by atomic mass is 15.1. The molecule has 0 amide bonds. The standard InChI is InChI=1S/C63H46N2/c1-63(2)55-34-16-14-32-53(55)62-56(63)35-20-38-60(62)65(59-37-19-33-50(44-23-8-4-9-24-44)61(59)52-31-13-12-29-49(52)43-21-6-3-7-22-43)48-28-18-25-45(41-48)46-39-40-58-54(42-46)51-30-15-17-36-57(51)64(58)47-26-10-5-11-27-47/h3-42H,1-2H3. The third-order valence-corrected chi connectivity index (χ3v) is 13.6. The molecule has 1 aromatic heterocycles. The summed E-state index contributed by atoms with van der Waals surface area (Å²) in [4.78, 5) is 2.55. The average Bonchev–Trinajstić information content (AvgIpc) is 3.83. The summed E-state index contributed by atoms with van der Waals surface area (Å²) in [6, 6.07) is 89.0. The lowest BCUT2D eigenvalue weighted by atomic mass is 9.82. The van der Waals surface area contributed by atoms with Crippen molar-refractivity contribution in [2.45, 2.75) is 19.3 Å². The van der Waals surface area contributed by atoms with Gasteiger partial charge >= 0.3 is 0 Å². The molecule has 65 heavy (non-hydrogen) atoms. The predicted octanol–water partition coefficient (Wildman–Crippen LogP) is 17.2. The Balaban J connectivity index is 1.13. The molecule has 0 saturated carbocycles. The highest BCUT2D eigenvalue weighted by Crippen LogP contribution is 2.56. The van der Waals surface area contributed by atoms with Crippen LogP contribution in [0.25, 0.3) is 83.1 Å². The summed E-state index contributed by atoms with van der Waals surface area (Å²) in [6.45, 7) is 4.74. The van der Waals surface area contributed by atoms with Gasteiger partial charge in [0.05, 0.1) is 22.4 Å². The SMILES string of the molecule is CC1(C)c2ccccc2-c2c(N(c3cccc(-c4ccc5c(c4)c4ccccc4n5-c4ccccc4)c3)c3cccc(-c4ccccc4)c3-c3ccccc3-c3ccccc3)cccc21. The zero-order valence-corrected chi connectivity index (χ0v) is 36.5. The largest absolute Gasteiger partial charge is 0.309 e. The van der Waals surface area contributed by atoms with E-state index in [1.807, 2.05) is 0 Å². The first kappa shape index (κ1) is 38.5. The molecule has 0 N–H and O–H groups in total. The zero-order valence-electron chi connectivity index (χ0n) is 36.5. The molecule has 2 nitrogen and oxygen atoms in total. The average molecular weight is 831 g/mol. The molecule has 0 aliphatic heterocycles. The molecule has 0 spiro atoms. The van der Waals surface area contributed by atoms with Crippen molar-refractivity contribution in [1.29, 1.82) is 0 Å². The molecule has 308 valence electrons. The molecule has 1 aliphatic rings. The number of benzene rings is 10. The van der Waals surface area contributed by atoms with Crippen LogP contribution < -0.4 is 4.90 Å². The van der Waals surface area contributed by atoms with E-state index in [9.17, 15) is 0 Å². The molecule has 1 heterocycles. The van der Waals surface area contributed by atoms with Gasteiger partial charge in [-0.1, -0.05) is 202 Å². The Bertz CT molecular complexity index is 3560. The van der Waals surface area contributed by atoms with E-state index >= 15 is 0 Å². The number of nitrogens with zero attached hydrogens (tertiary/aromatic N) is 2. The highest BCUT2D eigenvalue weighted by Gasteiger charge is 2.38. The Morgan fingerprint density at radius 2 is 0.862 bits per heavy atom. The molecular weight excluding hydrogens is 785 g/mol. The number of anilines is 3. The van der Waals surface area contributed by atoms with E-state index in [1.165, 1.54) is 83.0 Å². The van der Waals surface area contributed by atoms with Crippen molar-refractivity contribution in [3.05, 3.63) is 254 Å². The highest BCUT2D eigenvalue weighted by molar-refractivity contribution is 6.11. The molecule has 0 atom stereocenters. The van der Waals surface area contributed by atoms with Gasteiger partial charge in [-0.05, 0) is 110 Å². The second kappa shape index (κ2) is 15.6. The van der Waals surface area contributed by atoms with E-state index in [1.54, 1.807) is 0 Å². The van der Waals surface area contributed by atoms with Gasteiger partial charge in [-0.2, -0.15) is 0 Å². The van der Waals surface area contributed by atoms with E-state index in [-0.39, 0.29) is 5.41 Å². The summed E-state index contributed by atoms with van der Waals surface area (Å²) in [5.41, 5.74) is 21.4. The van der Waals surface area contributed by atoms with Gasteiger partial charge < -0.3 is 9.47 Å². The van der Waals surface area contributed by atoms with Gasteiger partial charge in [-0.15, -0.1) is 0 Å². The summed E-state index contributed by atoms with van der Waals surface area (Å²) in [5.74, 6) is 0. The third-order valence-electron chi connectivity index (χ3n) is 13.6. The van der Waals surface area contributed by atoms with E-state index in [0.717, 1.165) is 28.3 Å². The van der Waals surface area contributed by atoms with Crippen molar-refractivity contribution in [2.75, 3.05) is 4.90 Å². The molecule has 2 heteroatoms. The Hall–Kier alpha value is -8.20. The maximum Gasteiger partial charge on any atom is 0.0546 e. The normalized spacial score (nSPS) is 12.6. The van der Waals surface area contributed by atoms with Crippen LogP contribution in [-0.2, 0) is 5.41 Å². The van der Waals surface area contributed by atoms with Gasteiger partial charge in [0, 0.05) is 38.7 Å². The van der Waals surface area contributed by atoms with Crippen LogP contribution in [-0.4, -0.2) is 4.57 Å². The lowest BCUT2D eigenvalue weighted by Crippen LogP contribution is -2.16. The molecule has 10 aromatic carbocycles. The summed E-state index contributed by atoms with van der Waals surface area (Å²) < 4.78 is 2.39. The Labute approximate surface area is 381 Å². The van der Waals surface area contributed by atoms with Gasteiger partial charge in [-0.3, -0.25) is 0 Å². The summed E-state index contributed by atoms with van der Waals surface area (Å²) >= 11 is 0. The van der Waals surface area contributed by atoms with E-state index in [4.69, 9.17) is 0 Å². The van der Waals surface area contributed by atoms with Gasteiger partial charge in [0.1, 0.15) is 0 Å². The number of aromatic nitrogens is 1. The molecule has 0 bridgehead atoms. The maximum absolute atomic E-state index is 2.55.